The molecule has 3 N–H and O–H groups in total. The Labute approximate surface area is 186 Å². The molecule has 0 radical (unpaired) electrons. The molecular formula is C24H39N5O2. The van der Waals surface area contributed by atoms with Gasteiger partial charge in [0.2, 0.25) is 5.91 Å². The van der Waals surface area contributed by atoms with E-state index >= 15 is 0 Å². The topological polar surface area (TPSA) is 76.7 Å². The summed E-state index contributed by atoms with van der Waals surface area (Å²) in [6, 6.07) is 6.46. The van der Waals surface area contributed by atoms with Crippen LogP contribution in [0.1, 0.15) is 57.4 Å². The largest absolute Gasteiger partial charge is 0.369 e. The molecule has 1 aromatic carbocycles. The van der Waals surface area contributed by atoms with Crippen molar-refractivity contribution in [2.45, 2.75) is 64.8 Å². The summed E-state index contributed by atoms with van der Waals surface area (Å²) in [5.74, 6) is -0.0121. The third-order valence-electron chi connectivity index (χ3n) is 6.48. The highest BCUT2D eigenvalue weighted by molar-refractivity contribution is 5.91. The summed E-state index contributed by atoms with van der Waals surface area (Å²) < 4.78 is 0. The van der Waals surface area contributed by atoms with E-state index in [0.717, 1.165) is 56.8 Å². The van der Waals surface area contributed by atoms with Gasteiger partial charge in [-0.2, -0.15) is 0 Å². The Morgan fingerprint density at radius 3 is 2.48 bits per heavy atom. The molecule has 2 fully saturated rings. The molecule has 7 nitrogen and oxygen atoms in total. The Hall–Kier alpha value is -2.28. The van der Waals surface area contributed by atoms with Crippen molar-refractivity contribution in [3.8, 4) is 0 Å². The molecule has 1 aliphatic heterocycles. The lowest BCUT2D eigenvalue weighted by molar-refractivity contribution is -0.116. The van der Waals surface area contributed by atoms with Crippen LogP contribution >= 0.6 is 0 Å². The number of hydrogen-bond acceptors (Lipinski definition) is 4. The predicted octanol–water partition coefficient (Wildman–Crippen LogP) is 3.49. The molecule has 3 amide bonds. The van der Waals surface area contributed by atoms with Crippen molar-refractivity contribution in [1.82, 2.24) is 15.5 Å². The van der Waals surface area contributed by atoms with Crippen LogP contribution in [0.3, 0.4) is 0 Å². The molecule has 0 atom stereocenters. The average Bonchev–Trinajstić information content (AvgIpc) is 2.79. The monoisotopic (exact) mass is 429 g/mol. The third kappa shape index (κ3) is 7.42. The van der Waals surface area contributed by atoms with Crippen LogP contribution in [0.25, 0.3) is 0 Å². The zero-order valence-corrected chi connectivity index (χ0v) is 19.2. The third-order valence-corrected chi connectivity index (χ3v) is 6.48. The number of anilines is 2. The van der Waals surface area contributed by atoms with Crippen molar-refractivity contribution in [2.75, 3.05) is 49.5 Å². The molecule has 3 rings (SSSR count). The lowest BCUT2D eigenvalue weighted by Gasteiger charge is -2.35. The Bertz CT molecular complexity index is 725. The number of aryl methyl sites for hydroxylation is 1. The molecule has 172 valence electrons. The van der Waals surface area contributed by atoms with Crippen LogP contribution in [0, 0.1) is 6.92 Å². The van der Waals surface area contributed by atoms with Crippen LogP contribution in [0.4, 0.5) is 16.2 Å². The highest BCUT2D eigenvalue weighted by Crippen LogP contribution is 2.24. The van der Waals surface area contributed by atoms with Crippen molar-refractivity contribution < 1.29 is 9.59 Å². The molecule has 1 aliphatic carbocycles. The molecule has 7 heteroatoms. The number of hydrogen-bond donors (Lipinski definition) is 3. The summed E-state index contributed by atoms with van der Waals surface area (Å²) in [6.07, 6.45) is 6.83. The van der Waals surface area contributed by atoms with Gasteiger partial charge >= 0.3 is 6.03 Å². The van der Waals surface area contributed by atoms with Gasteiger partial charge in [0.15, 0.2) is 0 Å². The van der Waals surface area contributed by atoms with Crippen molar-refractivity contribution in [2.24, 2.45) is 0 Å². The second-order valence-electron chi connectivity index (χ2n) is 8.81. The molecule has 1 aromatic rings. The maximum absolute atomic E-state index is 12.3. The van der Waals surface area contributed by atoms with Gasteiger partial charge in [-0.15, -0.1) is 0 Å². The smallest absolute Gasteiger partial charge is 0.315 e. The Balaban J connectivity index is 1.35. The van der Waals surface area contributed by atoms with E-state index in [-0.39, 0.29) is 11.9 Å². The van der Waals surface area contributed by atoms with Gasteiger partial charge in [-0.1, -0.05) is 26.2 Å². The number of amides is 3. The molecule has 1 saturated carbocycles. The molecule has 31 heavy (non-hydrogen) atoms. The normalized spacial score (nSPS) is 17.9. The Morgan fingerprint density at radius 2 is 1.81 bits per heavy atom. The molecule has 0 bridgehead atoms. The van der Waals surface area contributed by atoms with Gasteiger partial charge in [0.1, 0.15) is 0 Å². The number of rotatable bonds is 8. The summed E-state index contributed by atoms with van der Waals surface area (Å²) >= 11 is 0. The molecule has 1 heterocycles. The van der Waals surface area contributed by atoms with E-state index in [2.05, 4.69) is 44.8 Å². The van der Waals surface area contributed by atoms with E-state index in [1.807, 2.05) is 13.0 Å². The number of nitrogens with one attached hydrogen (secondary N) is 3. The summed E-state index contributed by atoms with van der Waals surface area (Å²) in [7, 11) is 0. The number of carbonyl (C=O) groups excluding carboxylic acids is 2. The van der Waals surface area contributed by atoms with Crippen LogP contribution in [-0.2, 0) is 4.79 Å². The van der Waals surface area contributed by atoms with Gasteiger partial charge in [0.25, 0.3) is 0 Å². The van der Waals surface area contributed by atoms with E-state index in [4.69, 9.17) is 0 Å². The average molecular weight is 430 g/mol. The summed E-state index contributed by atoms with van der Waals surface area (Å²) in [6.45, 7) is 10.1. The van der Waals surface area contributed by atoms with Crippen LogP contribution in [0.2, 0.25) is 0 Å². The second kappa shape index (κ2) is 11.9. The fraction of sp³-hybridized carbons (Fsp3) is 0.667. The lowest BCUT2D eigenvalue weighted by Crippen LogP contribution is -2.46. The minimum Gasteiger partial charge on any atom is -0.369 e. The van der Waals surface area contributed by atoms with Crippen LogP contribution < -0.4 is 20.9 Å². The minimum absolute atomic E-state index is 0.0121. The highest BCUT2D eigenvalue weighted by atomic mass is 16.2. The number of piperazine rings is 1. The van der Waals surface area contributed by atoms with Gasteiger partial charge in [0.05, 0.1) is 0 Å². The molecule has 2 aliphatic rings. The zero-order valence-electron chi connectivity index (χ0n) is 19.2. The quantitative estimate of drug-likeness (QED) is 0.553. The maximum Gasteiger partial charge on any atom is 0.315 e. The standard InChI is InChI=1S/C24H39N5O2/c1-3-28-14-16-29(17-15-28)21-11-12-22(19(2)18-21)27-23(30)10-7-13-25-24(31)26-20-8-5-4-6-9-20/h11-12,18,20H,3-10,13-17H2,1-2H3,(H,27,30)(H2,25,26,31). The first kappa shape index (κ1) is 23.4. The second-order valence-corrected chi connectivity index (χ2v) is 8.81. The van der Waals surface area contributed by atoms with E-state index in [9.17, 15) is 9.59 Å². The molecule has 0 spiro atoms. The van der Waals surface area contributed by atoms with Crippen LogP contribution in [0.15, 0.2) is 18.2 Å². The predicted molar refractivity (Wildman–Crippen MR) is 127 cm³/mol. The van der Waals surface area contributed by atoms with Gasteiger partial charge in [-0.3, -0.25) is 4.79 Å². The van der Waals surface area contributed by atoms with Crippen molar-refractivity contribution in [3.05, 3.63) is 23.8 Å². The van der Waals surface area contributed by atoms with Gasteiger partial charge in [-0.05, 0) is 56.5 Å². The maximum atomic E-state index is 12.3. The first-order valence-corrected chi connectivity index (χ1v) is 12.0. The first-order valence-electron chi connectivity index (χ1n) is 12.0. The highest BCUT2D eigenvalue weighted by Gasteiger charge is 2.17. The van der Waals surface area contributed by atoms with Gasteiger partial charge in [0, 0.05) is 56.6 Å². The molecular weight excluding hydrogens is 390 g/mol. The Kier molecular flexibility index (Phi) is 9.00. The summed E-state index contributed by atoms with van der Waals surface area (Å²) in [5.41, 5.74) is 3.16. The number of nitrogens with zero attached hydrogens (tertiary/aromatic N) is 2. The van der Waals surface area contributed by atoms with Crippen LogP contribution in [-0.4, -0.2) is 62.1 Å². The fourth-order valence-electron chi connectivity index (χ4n) is 4.45. The van der Waals surface area contributed by atoms with Gasteiger partial charge < -0.3 is 25.8 Å². The van der Waals surface area contributed by atoms with Crippen LogP contribution in [0.5, 0.6) is 0 Å². The summed E-state index contributed by atoms with van der Waals surface area (Å²) in [5, 5.41) is 8.92. The van der Waals surface area contributed by atoms with E-state index in [1.54, 1.807) is 0 Å². The summed E-state index contributed by atoms with van der Waals surface area (Å²) in [4.78, 5) is 29.2. The van der Waals surface area contributed by atoms with Crippen molar-refractivity contribution >= 4 is 23.3 Å². The zero-order chi connectivity index (χ0) is 22.1. The number of benzene rings is 1. The van der Waals surface area contributed by atoms with E-state index in [1.165, 1.54) is 24.9 Å². The molecule has 0 aromatic heterocycles. The van der Waals surface area contributed by atoms with E-state index < -0.39 is 0 Å². The molecule has 0 unspecified atom stereocenters. The fourth-order valence-corrected chi connectivity index (χ4v) is 4.45. The van der Waals surface area contributed by atoms with Gasteiger partial charge in [-0.25, -0.2) is 4.79 Å². The lowest BCUT2D eigenvalue weighted by atomic mass is 9.96. The first-order chi connectivity index (χ1) is 15.0. The van der Waals surface area contributed by atoms with E-state index in [0.29, 0.717) is 25.4 Å². The number of urea groups is 1. The van der Waals surface area contributed by atoms with Crippen molar-refractivity contribution in [3.63, 3.8) is 0 Å². The van der Waals surface area contributed by atoms with Crippen molar-refractivity contribution in [1.29, 1.82) is 0 Å². The Morgan fingerprint density at radius 1 is 1.06 bits per heavy atom. The number of likely N-dealkylation sites (N-methyl/N-ethyl adjacent to an activating group) is 1. The SMILES string of the molecule is CCN1CCN(c2ccc(NC(=O)CCCNC(=O)NC3CCCCC3)c(C)c2)CC1. The number of carbonyl (C=O) groups is 2. The minimum atomic E-state index is -0.112. The molecule has 1 saturated heterocycles.